The Kier molecular flexibility index (Phi) is 6.32. The molecule has 0 radical (unpaired) electrons. The number of amides is 1. The maximum absolute atomic E-state index is 12.1. The van der Waals surface area contributed by atoms with E-state index in [0.29, 0.717) is 24.8 Å². The first kappa shape index (κ1) is 16.8. The molecule has 4 heteroatoms. The van der Waals surface area contributed by atoms with Gasteiger partial charge in [-0.2, -0.15) is 5.26 Å². The fraction of sp³-hybridized carbons (Fsp3) is 0.875. The van der Waals surface area contributed by atoms with Gasteiger partial charge in [0.15, 0.2) is 0 Å². The number of nitriles is 1. The molecule has 1 aliphatic carbocycles. The van der Waals surface area contributed by atoms with Crippen molar-refractivity contribution in [2.24, 2.45) is 11.8 Å². The molecule has 0 saturated heterocycles. The van der Waals surface area contributed by atoms with E-state index in [0.717, 1.165) is 32.2 Å². The molecule has 0 spiro atoms. The number of hydrogen-bond acceptors (Lipinski definition) is 3. The molecule has 20 heavy (non-hydrogen) atoms. The van der Waals surface area contributed by atoms with Crippen LogP contribution < -0.4 is 0 Å². The Morgan fingerprint density at radius 2 is 1.80 bits per heavy atom. The lowest BCUT2D eigenvalue weighted by Crippen LogP contribution is -2.40. The SMILES string of the molecule is CCN(CC1CCC(CC#N)CC1)C(=O)OC(C)(C)C. The van der Waals surface area contributed by atoms with E-state index in [1.165, 1.54) is 0 Å². The van der Waals surface area contributed by atoms with Gasteiger partial charge in [0.05, 0.1) is 6.07 Å². The molecule has 0 aromatic heterocycles. The van der Waals surface area contributed by atoms with Crippen LogP contribution in [0.4, 0.5) is 4.79 Å². The highest BCUT2D eigenvalue weighted by Crippen LogP contribution is 2.31. The Morgan fingerprint density at radius 3 is 2.25 bits per heavy atom. The van der Waals surface area contributed by atoms with Gasteiger partial charge in [0.25, 0.3) is 0 Å². The maximum Gasteiger partial charge on any atom is 0.410 e. The fourth-order valence-electron chi connectivity index (χ4n) is 2.72. The van der Waals surface area contributed by atoms with E-state index in [1.807, 2.05) is 27.7 Å². The zero-order chi connectivity index (χ0) is 15.2. The molecule has 1 aliphatic rings. The molecule has 0 unspecified atom stereocenters. The number of carbonyl (C=O) groups is 1. The van der Waals surface area contributed by atoms with Crippen LogP contribution >= 0.6 is 0 Å². The first-order valence-corrected chi connectivity index (χ1v) is 7.70. The van der Waals surface area contributed by atoms with E-state index in [1.54, 1.807) is 4.90 Å². The highest BCUT2D eigenvalue weighted by Gasteiger charge is 2.26. The monoisotopic (exact) mass is 280 g/mol. The molecule has 1 amide bonds. The summed E-state index contributed by atoms with van der Waals surface area (Å²) < 4.78 is 5.44. The van der Waals surface area contributed by atoms with Gasteiger partial charge in [0, 0.05) is 19.5 Å². The molecule has 1 fully saturated rings. The molecule has 1 rings (SSSR count). The van der Waals surface area contributed by atoms with Crippen molar-refractivity contribution < 1.29 is 9.53 Å². The van der Waals surface area contributed by atoms with Crippen LogP contribution in [0.2, 0.25) is 0 Å². The first-order valence-electron chi connectivity index (χ1n) is 7.70. The molecule has 0 heterocycles. The van der Waals surface area contributed by atoms with E-state index in [9.17, 15) is 4.79 Å². The van der Waals surface area contributed by atoms with Gasteiger partial charge in [0.1, 0.15) is 5.60 Å². The summed E-state index contributed by atoms with van der Waals surface area (Å²) >= 11 is 0. The third-order valence-corrected chi connectivity index (χ3v) is 3.86. The number of ether oxygens (including phenoxy) is 1. The molecule has 0 aliphatic heterocycles. The summed E-state index contributed by atoms with van der Waals surface area (Å²) in [5.41, 5.74) is -0.436. The number of carbonyl (C=O) groups excluding carboxylic acids is 1. The molecule has 0 N–H and O–H groups in total. The quantitative estimate of drug-likeness (QED) is 0.783. The fourth-order valence-corrected chi connectivity index (χ4v) is 2.72. The van der Waals surface area contributed by atoms with Gasteiger partial charge in [0.2, 0.25) is 0 Å². The number of rotatable bonds is 4. The zero-order valence-electron chi connectivity index (χ0n) is 13.3. The van der Waals surface area contributed by atoms with Gasteiger partial charge in [-0.25, -0.2) is 4.79 Å². The molecule has 114 valence electrons. The van der Waals surface area contributed by atoms with Crippen LogP contribution in [-0.4, -0.2) is 29.7 Å². The molecular formula is C16H28N2O2. The Balaban J connectivity index is 2.42. The highest BCUT2D eigenvalue weighted by atomic mass is 16.6. The normalized spacial score (nSPS) is 22.9. The summed E-state index contributed by atoms with van der Waals surface area (Å²) in [6, 6.07) is 2.26. The standard InChI is InChI=1S/C16H28N2O2/c1-5-18(15(19)20-16(2,3)4)12-14-8-6-13(7-9-14)10-11-17/h13-14H,5-10,12H2,1-4H3. The van der Waals surface area contributed by atoms with Gasteiger partial charge >= 0.3 is 6.09 Å². The van der Waals surface area contributed by atoms with Crippen molar-refractivity contribution in [1.29, 1.82) is 5.26 Å². The highest BCUT2D eigenvalue weighted by molar-refractivity contribution is 5.68. The van der Waals surface area contributed by atoms with Crippen LogP contribution in [0.5, 0.6) is 0 Å². The third-order valence-electron chi connectivity index (χ3n) is 3.86. The lowest BCUT2D eigenvalue weighted by molar-refractivity contribution is 0.0214. The molecule has 1 saturated carbocycles. The average Bonchev–Trinajstić information content (AvgIpc) is 2.36. The molecule has 4 nitrogen and oxygen atoms in total. The lowest BCUT2D eigenvalue weighted by atomic mass is 9.80. The van der Waals surface area contributed by atoms with E-state index < -0.39 is 5.60 Å². The minimum atomic E-state index is -0.436. The van der Waals surface area contributed by atoms with Crippen molar-refractivity contribution in [1.82, 2.24) is 4.90 Å². The first-order chi connectivity index (χ1) is 9.35. The summed E-state index contributed by atoms with van der Waals surface area (Å²) in [5.74, 6) is 1.12. The summed E-state index contributed by atoms with van der Waals surface area (Å²) in [6.07, 6.45) is 4.93. The molecule has 0 aromatic carbocycles. The predicted octanol–water partition coefficient (Wildman–Crippen LogP) is 3.96. The van der Waals surface area contributed by atoms with Crippen LogP contribution in [-0.2, 0) is 4.74 Å². The summed E-state index contributed by atoms with van der Waals surface area (Å²) in [7, 11) is 0. The third kappa shape index (κ3) is 5.81. The summed E-state index contributed by atoms with van der Waals surface area (Å²) in [6.45, 7) is 9.15. The van der Waals surface area contributed by atoms with E-state index in [-0.39, 0.29) is 6.09 Å². The van der Waals surface area contributed by atoms with Gasteiger partial charge in [-0.3, -0.25) is 0 Å². The van der Waals surface area contributed by atoms with Gasteiger partial charge < -0.3 is 9.64 Å². The minimum Gasteiger partial charge on any atom is -0.444 e. The van der Waals surface area contributed by atoms with Crippen LogP contribution in [0.3, 0.4) is 0 Å². The van der Waals surface area contributed by atoms with Crippen molar-refractivity contribution >= 4 is 6.09 Å². The Morgan fingerprint density at radius 1 is 1.25 bits per heavy atom. The van der Waals surface area contributed by atoms with Crippen LogP contribution in [0.15, 0.2) is 0 Å². The largest absolute Gasteiger partial charge is 0.444 e. The van der Waals surface area contributed by atoms with Crippen LogP contribution in [0, 0.1) is 23.2 Å². The van der Waals surface area contributed by atoms with Crippen LogP contribution in [0.1, 0.15) is 59.8 Å². The van der Waals surface area contributed by atoms with Crippen molar-refractivity contribution in [2.75, 3.05) is 13.1 Å². The Hall–Kier alpha value is -1.24. The molecule has 0 atom stereocenters. The number of nitrogens with zero attached hydrogens (tertiary/aromatic N) is 2. The molecular weight excluding hydrogens is 252 g/mol. The van der Waals surface area contributed by atoms with Crippen LogP contribution in [0.25, 0.3) is 0 Å². The second-order valence-corrected chi connectivity index (χ2v) is 6.77. The summed E-state index contributed by atoms with van der Waals surface area (Å²) in [4.78, 5) is 13.9. The van der Waals surface area contributed by atoms with Crippen molar-refractivity contribution in [3.8, 4) is 6.07 Å². The van der Waals surface area contributed by atoms with E-state index in [4.69, 9.17) is 10.00 Å². The average molecular weight is 280 g/mol. The Bertz CT molecular complexity index is 346. The molecule has 0 bridgehead atoms. The van der Waals surface area contributed by atoms with E-state index in [2.05, 4.69) is 6.07 Å². The lowest BCUT2D eigenvalue weighted by Gasteiger charge is -2.32. The van der Waals surface area contributed by atoms with Gasteiger partial charge in [-0.15, -0.1) is 0 Å². The maximum atomic E-state index is 12.1. The van der Waals surface area contributed by atoms with Gasteiger partial charge in [-0.05, 0) is 65.2 Å². The van der Waals surface area contributed by atoms with Crippen molar-refractivity contribution in [3.05, 3.63) is 0 Å². The molecule has 0 aromatic rings. The zero-order valence-corrected chi connectivity index (χ0v) is 13.3. The minimum absolute atomic E-state index is 0.209. The van der Waals surface area contributed by atoms with Gasteiger partial charge in [-0.1, -0.05) is 0 Å². The smallest absolute Gasteiger partial charge is 0.410 e. The van der Waals surface area contributed by atoms with Crippen molar-refractivity contribution in [3.63, 3.8) is 0 Å². The number of hydrogen-bond donors (Lipinski definition) is 0. The second kappa shape index (κ2) is 7.52. The van der Waals surface area contributed by atoms with E-state index >= 15 is 0 Å². The summed E-state index contributed by atoms with van der Waals surface area (Å²) in [5, 5.41) is 8.73. The Labute approximate surface area is 123 Å². The predicted molar refractivity (Wildman–Crippen MR) is 79.2 cm³/mol. The topological polar surface area (TPSA) is 53.3 Å². The van der Waals surface area contributed by atoms with Crippen molar-refractivity contribution in [2.45, 2.75) is 65.4 Å². The second-order valence-electron chi connectivity index (χ2n) is 6.77.